The lowest BCUT2D eigenvalue weighted by atomic mass is 9.91. The third-order valence-corrected chi connectivity index (χ3v) is 5.21. The third-order valence-electron chi connectivity index (χ3n) is 3.69. The third kappa shape index (κ3) is 2.28. The second-order valence-corrected chi connectivity index (χ2v) is 6.75. The number of hydrogen-bond acceptors (Lipinski definition) is 3. The number of Topliss-reactive ketones (excluding diaryl/α,β-unsaturated/α-hetero) is 1. The fourth-order valence-corrected chi connectivity index (χ4v) is 3.77. The molecule has 1 atom stereocenters. The van der Waals surface area contributed by atoms with Gasteiger partial charge >= 0.3 is 0 Å². The van der Waals surface area contributed by atoms with Gasteiger partial charge in [0.2, 0.25) is 0 Å². The standard InChI is InChI=1S/C15H20O2S/c1-10-9-13(17-4)11(2)8-12(10)14(16)15(3)6-5-7-18-15/h8-9H,5-7H2,1-4H3. The Morgan fingerprint density at radius 2 is 2.06 bits per heavy atom. The van der Waals surface area contributed by atoms with Gasteiger partial charge in [-0.3, -0.25) is 4.79 Å². The quantitative estimate of drug-likeness (QED) is 0.777. The maximum atomic E-state index is 12.7. The fourth-order valence-electron chi connectivity index (χ4n) is 2.50. The number of ether oxygens (including phenoxy) is 1. The number of hydrogen-bond donors (Lipinski definition) is 0. The number of ketones is 1. The van der Waals surface area contributed by atoms with Gasteiger partial charge in [-0.1, -0.05) is 0 Å². The molecule has 3 heteroatoms. The minimum absolute atomic E-state index is 0.230. The van der Waals surface area contributed by atoms with Crippen LogP contribution in [0.15, 0.2) is 12.1 Å². The zero-order valence-corrected chi connectivity index (χ0v) is 12.3. The van der Waals surface area contributed by atoms with Gasteiger partial charge in [0.25, 0.3) is 0 Å². The lowest BCUT2D eigenvalue weighted by molar-refractivity contribution is 0.0948. The Labute approximate surface area is 113 Å². The summed E-state index contributed by atoms with van der Waals surface area (Å²) in [7, 11) is 1.66. The van der Waals surface area contributed by atoms with Crippen LogP contribution in [0.2, 0.25) is 0 Å². The van der Waals surface area contributed by atoms with Crippen LogP contribution in [0.1, 0.15) is 41.3 Å². The zero-order chi connectivity index (χ0) is 13.3. The average molecular weight is 264 g/mol. The van der Waals surface area contributed by atoms with Crippen molar-refractivity contribution < 1.29 is 9.53 Å². The lowest BCUT2D eigenvalue weighted by Gasteiger charge is -2.22. The minimum Gasteiger partial charge on any atom is -0.496 e. The summed E-state index contributed by atoms with van der Waals surface area (Å²) in [6, 6.07) is 3.94. The van der Waals surface area contributed by atoms with E-state index in [0.29, 0.717) is 0 Å². The Kier molecular flexibility index (Phi) is 3.71. The molecule has 0 amide bonds. The Balaban J connectivity index is 2.39. The van der Waals surface area contributed by atoms with Crippen molar-refractivity contribution in [2.45, 2.75) is 38.4 Å². The van der Waals surface area contributed by atoms with Crippen molar-refractivity contribution in [1.82, 2.24) is 0 Å². The smallest absolute Gasteiger partial charge is 0.178 e. The molecule has 98 valence electrons. The molecule has 1 aromatic carbocycles. The Hall–Kier alpha value is -0.960. The highest BCUT2D eigenvalue weighted by molar-refractivity contribution is 8.01. The first-order chi connectivity index (χ1) is 8.48. The zero-order valence-electron chi connectivity index (χ0n) is 11.5. The summed E-state index contributed by atoms with van der Waals surface area (Å²) in [5.74, 6) is 2.22. The van der Waals surface area contributed by atoms with E-state index in [1.54, 1.807) is 18.9 Å². The van der Waals surface area contributed by atoms with Crippen LogP contribution in [-0.4, -0.2) is 23.4 Å². The highest BCUT2D eigenvalue weighted by atomic mass is 32.2. The molecule has 0 aliphatic carbocycles. The number of thioether (sulfide) groups is 1. The highest BCUT2D eigenvalue weighted by Gasteiger charge is 2.38. The first-order valence-electron chi connectivity index (χ1n) is 6.32. The van der Waals surface area contributed by atoms with Gasteiger partial charge in [-0.2, -0.15) is 0 Å². The van der Waals surface area contributed by atoms with Crippen LogP contribution in [-0.2, 0) is 0 Å². The van der Waals surface area contributed by atoms with Crippen LogP contribution in [0.4, 0.5) is 0 Å². The predicted molar refractivity (Wildman–Crippen MR) is 76.9 cm³/mol. The maximum Gasteiger partial charge on any atom is 0.178 e. The Morgan fingerprint density at radius 1 is 1.33 bits per heavy atom. The van der Waals surface area contributed by atoms with E-state index in [1.807, 2.05) is 26.0 Å². The van der Waals surface area contributed by atoms with Gasteiger partial charge < -0.3 is 4.74 Å². The molecule has 1 saturated heterocycles. The van der Waals surface area contributed by atoms with Crippen molar-refractivity contribution in [3.63, 3.8) is 0 Å². The van der Waals surface area contributed by atoms with E-state index < -0.39 is 0 Å². The van der Waals surface area contributed by atoms with E-state index in [4.69, 9.17) is 4.74 Å². The molecule has 18 heavy (non-hydrogen) atoms. The molecule has 2 nitrogen and oxygen atoms in total. The summed E-state index contributed by atoms with van der Waals surface area (Å²) in [5, 5.41) is 0. The number of carbonyl (C=O) groups excluding carboxylic acids is 1. The summed E-state index contributed by atoms with van der Waals surface area (Å²) in [5.41, 5.74) is 2.89. The molecular formula is C15H20O2S. The van der Waals surface area contributed by atoms with E-state index in [2.05, 4.69) is 6.92 Å². The van der Waals surface area contributed by atoms with Gasteiger partial charge in [-0.25, -0.2) is 0 Å². The summed E-state index contributed by atoms with van der Waals surface area (Å²) in [4.78, 5) is 12.7. The van der Waals surface area contributed by atoms with E-state index in [0.717, 1.165) is 41.0 Å². The predicted octanol–water partition coefficient (Wildman–Crippen LogP) is 3.78. The molecule has 2 rings (SSSR count). The van der Waals surface area contributed by atoms with Crippen LogP contribution < -0.4 is 4.74 Å². The molecule has 1 aliphatic rings. The molecule has 1 aliphatic heterocycles. The second kappa shape index (κ2) is 4.96. The van der Waals surface area contributed by atoms with Crippen molar-refractivity contribution in [3.05, 3.63) is 28.8 Å². The highest BCUT2D eigenvalue weighted by Crippen LogP contribution is 2.41. The molecule has 0 aromatic heterocycles. The fraction of sp³-hybridized carbons (Fsp3) is 0.533. The molecule has 0 radical (unpaired) electrons. The molecule has 0 spiro atoms. The van der Waals surface area contributed by atoms with Crippen LogP contribution >= 0.6 is 11.8 Å². The molecule has 0 N–H and O–H groups in total. The largest absolute Gasteiger partial charge is 0.496 e. The summed E-state index contributed by atoms with van der Waals surface area (Å²) >= 11 is 1.79. The van der Waals surface area contributed by atoms with Gasteiger partial charge in [0.1, 0.15) is 5.75 Å². The normalized spacial score (nSPS) is 23.1. The van der Waals surface area contributed by atoms with E-state index in [9.17, 15) is 4.79 Å². The molecule has 0 saturated carbocycles. The van der Waals surface area contributed by atoms with Gasteiger partial charge in [0, 0.05) is 5.56 Å². The van der Waals surface area contributed by atoms with Crippen LogP contribution in [0.5, 0.6) is 5.75 Å². The number of rotatable bonds is 3. The number of aryl methyl sites for hydroxylation is 2. The molecule has 1 aromatic rings. The van der Waals surface area contributed by atoms with Crippen LogP contribution in [0.25, 0.3) is 0 Å². The van der Waals surface area contributed by atoms with Gasteiger partial charge in [-0.05, 0) is 62.6 Å². The summed E-state index contributed by atoms with van der Waals surface area (Å²) < 4.78 is 5.06. The van der Waals surface area contributed by atoms with Gasteiger partial charge in [0.05, 0.1) is 11.9 Å². The lowest BCUT2D eigenvalue weighted by Crippen LogP contribution is -2.29. The SMILES string of the molecule is COc1cc(C)c(C(=O)C2(C)CCCS2)cc1C. The van der Waals surface area contributed by atoms with Crippen molar-refractivity contribution in [3.8, 4) is 5.75 Å². The topological polar surface area (TPSA) is 26.3 Å². The van der Waals surface area contributed by atoms with Crippen molar-refractivity contribution >= 4 is 17.5 Å². The van der Waals surface area contributed by atoms with Gasteiger partial charge in [-0.15, -0.1) is 11.8 Å². The van der Waals surface area contributed by atoms with E-state index in [-0.39, 0.29) is 10.5 Å². The monoisotopic (exact) mass is 264 g/mol. The van der Waals surface area contributed by atoms with Crippen molar-refractivity contribution in [1.29, 1.82) is 0 Å². The van der Waals surface area contributed by atoms with Crippen LogP contribution in [0.3, 0.4) is 0 Å². The van der Waals surface area contributed by atoms with Crippen LogP contribution in [0, 0.1) is 13.8 Å². The number of benzene rings is 1. The molecule has 1 fully saturated rings. The first kappa shape index (κ1) is 13.5. The number of carbonyl (C=O) groups is 1. The minimum atomic E-state index is -0.230. The van der Waals surface area contributed by atoms with Crippen molar-refractivity contribution in [2.75, 3.05) is 12.9 Å². The molecular weight excluding hydrogens is 244 g/mol. The first-order valence-corrected chi connectivity index (χ1v) is 7.30. The summed E-state index contributed by atoms with van der Waals surface area (Å²) in [6.07, 6.45) is 2.13. The van der Waals surface area contributed by atoms with E-state index in [1.165, 1.54) is 0 Å². The number of methoxy groups -OCH3 is 1. The maximum absolute atomic E-state index is 12.7. The Morgan fingerprint density at radius 3 is 2.61 bits per heavy atom. The average Bonchev–Trinajstić information content (AvgIpc) is 2.79. The molecule has 1 heterocycles. The molecule has 1 unspecified atom stereocenters. The molecule has 0 bridgehead atoms. The Bertz CT molecular complexity index is 474. The second-order valence-electron chi connectivity index (χ2n) is 5.15. The van der Waals surface area contributed by atoms with E-state index >= 15 is 0 Å². The summed E-state index contributed by atoms with van der Waals surface area (Å²) in [6.45, 7) is 6.04. The van der Waals surface area contributed by atoms with Crippen molar-refractivity contribution in [2.24, 2.45) is 0 Å². The van der Waals surface area contributed by atoms with Gasteiger partial charge in [0.15, 0.2) is 5.78 Å².